The van der Waals surface area contributed by atoms with Crippen LogP contribution in [0.15, 0.2) is 30.6 Å². The molecule has 0 aliphatic carbocycles. The summed E-state index contributed by atoms with van der Waals surface area (Å²) in [7, 11) is 1.62. The second-order valence-corrected chi connectivity index (χ2v) is 6.20. The lowest BCUT2D eigenvalue weighted by atomic mass is 9.93. The lowest BCUT2D eigenvalue weighted by Crippen LogP contribution is -2.39. The third-order valence-corrected chi connectivity index (χ3v) is 4.73. The third kappa shape index (κ3) is 3.58. The van der Waals surface area contributed by atoms with Gasteiger partial charge in [-0.1, -0.05) is 6.07 Å². The van der Waals surface area contributed by atoms with Crippen molar-refractivity contribution >= 4 is 5.91 Å². The van der Waals surface area contributed by atoms with Gasteiger partial charge in [0.05, 0.1) is 7.11 Å². The number of rotatable bonds is 5. The number of methoxy groups -OCH3 is 1. The molecule has 0 saturated carbocycles. The maximum Gasteiger partial charge on any atom is 0.253 e. The molecule has 3 rings (SSSR count). The van der Waals surface area contributed by atoms with Gasteiger partial charge in [-0.15, -0.1) is 10.2 Å². The Bertz CT molecular complexity index is 690. The first-order valence-corrected chi connectivity index (χ1v) is 8.51. The maximum absolute atomic E-state index is 12.6. The van der Waals surface area contributed by atoms with Crippen LogP contribution in [0.1, 0.15) is 35.9 Å². The standard InChI is InChI=1S/C18H24N4O2/c1-3-21-13-19-20-17(21)11-14-7-9-22(10-8-14)18(23)15-5-4-6-16(12-15)24-2/h4-6,12-14H,3,7-11H2,1-2H3. The molecule has 1 fully saturated rings. The van der Waals surface area contributed by atoms with Crippen molar-refractivity contribution < 1.29 is 9.53 Å². The number of aromatic nitrogens is 3. The van der Waals surface area contributed by atoms with Gasteiger partial charge in [0.2, 0.25) is 0 Å². The number of nitrogens with zero attached hydrogens (tertiary/aromatic N) is 4. The van der Waals surface area contributed by atoms with Gasteiger partial charge in [0.1, 0.15) is 17.9 Å². The fourth-order valence-corrected chi connectivity index (χ4v) is 3.24. The second kappa shape index (κ2) is 7.47. The Hall–Kier alpha value is -2.37. The number of carbonyl (C=O) groups excluding carboxylic acids is 1. The van der Waals surface area contributed by atoms with Crippen LogP contribution in [0.4, 0.5) is 0 Å². The van der Waals surface area contributed by atoms with E-state index in [1.807, 2.05) is 23.1 Å². The summed E-state index contributed by atoms with van der Waals surface area (Å²) in [5, 5.41) is 8.21. The monoisotopic (exact) mass is 328 g/mol. The van der Waals surface area contributed by atoms with E-state index in [-0.39, 0.29) is 5.91 Å². The third-order valence-electron chi connectivity index (χ3n) is 4.73. The first-order chi connectivity index (χ1) is 11.7. The molecule has 0 atom stereocenters. The normalized spacial score (nSPS) is 15.5. The Morgan fingerprint density at radius 3 is 2.83 bits per heavy atom. The number of hydrogen-bond acceptors (Lipinski definition) is 4. The highest BCUT2D eigenvalue weighted by Gasteiger charge is 2.25. The summed E-state index contributed by atoms with van der Waals surface area (Å²) in [6.45, 7) is 4.58. The number of piperidine rings is 1. The van der Waals surface area contributed by atoms with E-state index in [1.165, 1.54) is 0 Å². The molecule has 1 aromatic heterocycles. The van der Waals surface area contributed by atoms with Crippen LogP contribution in [0.3, 0.4) is 0 Å². The zero-order valence-electron chi connectivity index (χ0n) is 14.3. The Morgan fingerprint density at radius 1 is 1.33 bits per heavy atom. The number of benzene rings is 1. The molecular weight excluding hydrogens is 304 g/mol. The minimum absolute atomic E-state index is 0.0871. The van der Waals surface area contributed by atoms with Crippen LogP contribution < -0.4 is 4.74 Å². The van der Waals surface area contributed by atoms with Gasteiger partial charge in [0, 0.05) is 31.6 Å². The number of likely N-dealkylation sites (tertiary alicyclic amines) is 1. The largest absolute Gasteiger partial charge is 0.497 e. The summed E-state index contributed by atoms with van der Waals surface area (Å²) in [4.78, 5) is 14.6. The molecule has 1 saturated heterocycles. The van der Waals surface area contributed by atoms with E-state index in [0.29, 0.717) is 11.5 Å². The molecule has 1 amide bonds. The Labute approximate surface area is 142 Å². The SMILES string of the molecule is CCn1cnnc1CC1CCN(C(=O)c2cccc(OC)c2)CC1. The molecule has 2 aromatic rings. The van der Waals surface area contributed by atoms with Crippen molar-refractivity contribution in [1.82, 2.24) is 19.7 Å². The van der Waals surface area contributed by atoms with E-state index in [2.05, 4.69) is 21.7 Å². The summed E-state index contributed by atoms with van der Waals surface area (Å²) < 4.78 is 7.30. The Balaban J connectivity index is 1.57. The number of aryl methyl sites for hydroxylation is 1. The molecule has 0 unspecified atom stereocenters. The van der Waals surface area contributed by atoms with Crippen LogP contribution in [-0.4, -0.2) is 45.8 Å². The summed E-state index contributed by atoms with van der Waals surface area (Å²) in [5.74, 6) is 2.42. The van der Waals surface area contributed by atoms with Crippen molar-refractivity contribution in [2.45, 2.75) is 32.7 Å². The van der Waals surface area contributed by atoms with Crippen LogP contribution in [-0.2, 0) is 13.0 Å². The molecule has 1 aliphatic rings. The van der Waals surface area contributed by atoms with Gasteiger partial charge in [-0.3, -0.25) is 4.79 Å². The zero-order chi connectivity index (χ0) is 16.9. The summed E-state index contributed by atoms with van der Waals surface area (Å²) in [5.41, 5.74) is 0.693. The highest BCUT2D eigenvalue weighted by molar-refractivity contribution is 5.94. The lowest BCUT2D eigenvalue weighted by molar-refractivity contribution is 0.0689. The number of hydrogen-bond donors (Lipinski definition) is 0. The maximum atomic E-state index is 12.6. The van der Waals surface area contributed by atoms with Crippen LogP contribution in [0, 0.1) is 5.92 Å². The van der Waals surface area contributed by atoms with Crippen molar-refractivity contribution in [1.29, 1.82) is 0 Å². The minimum atomic E-state index is 0.0871. The first-order valence-electron chi connectivity index (χ1n) is 8.51. The fraction of sp³-hybridized carbons (Fsp3) is 0.500. The summed E-state index contributed by atoms with van der Waals surface area (Å²) >= 11 is 0. The van der Waals surface area contributed by atoms with Gasteiger partial charge in [-0.05, 0) is 43.9 Å². The van der Waals surface area contributed by atoms with E-state index >= 15 is 0 Å². The Kier molecular flexibility index (Phi) is 5.13. The van der Waals surface area contributed by atoms with Crippen molar-refractivity contribution in [3.05, 3.63) is 42.0 Å². The van der Waals surface area contributed by atoms with Crippen LogP contribution >= 0.6 is 0 Å². The van der Waals surface area contributed by atoms with E-state index in [4.69, 9.17) is 4.74 Å². The minimum Gasteiger partial charge on any atom is -0.497 e. The highest BCUT2D eigenvalue weighted by Crippen LogP contribution is 2.23. The highest BCUT2D eigenvalue weighted by atomic mass is 16.5. The number of amides is 1. The average molecular weight is 328 g/mol. The average Bonchev–Trinajstić information content (AvgIpc) is 3.09. The molecule has 24 heavy (non-hydrogen) atoms. The van der Waals surface area contributed by atoms with Gasteiger partial charge in [-0.25, -0.2) is 0 Å². The number of ether oxygens (including phenoxy) is 1. The van der Waals surface area contributed by atoms with E-state index in [0.717, 1.165) is 50.5 Å². The van der Waals surface area contributed by atoms with Crippen molar-refractivity contribution in [2.75, 3.05) is 20.2 Å². The summed E-state index contributed by atoms with van der Waals surface area (Å²) in [6.07, 6.45) is 4.74. The van der Waals surface area contributed by atoms with Gasteiger partial charge in [0.25, 0.3) is 5.91 Å². The molecule has 1 aliphatic heterocycles. The van der Waals surface area contributed by atoms with Crippen molar-refractivity contribution in [3.63, 3.8) is 0 Å². The van der Waals surface area contributed by atoms with Crippen molar-refractivity contribution in [3.8, 4) is 5.75 Å². The van der Waals surface area contributed by atoms with Gasteiger partial charge < -0.3 is 14.2 Å². The predicted octanol–water partition coefficient (Wildman–Crippen LogP) is 2.40. The van der Waals surface area contributed by atoms with Gasteiger partial charge in [-0.2, -0.15) is 0 Å². The van der Waals surface area contributed by atoms with E-state index in [9.17, 15) is 4.79 Å². The molecule has 0 spiro atoms. The molecule has 6 heteroatoms. The van der Waals surface area contributed by atoms with E-state index < -0.39 is 0 Å². The second-order valence-electron chi connectivity index (χ2n) is 6.20. The van der Waals surface area contributed by atoms with Crippen LogP contribution in [0.2, 0.25) is 0 Å². The lowest BCUT2D eigenvalue weighted by Gasteiger charge is -2.32. The molecule has 6 nitrogen and oxygen atoms in total. The van der Waals surface area contributed by atoms with E-state index in [1.54, 1.807) is 19.5 Å². The smallest absolute Gasteiger partial charge is 0.253 e. The van der Waals surface area contributed by atoms with Crippen LogP contribution in [0.25, 0.3) is 0 Å². The molecule has 0 radical (unpaired) electrons. The Morgan fingerprint density at radius 2 is 2.12 bits per heavy atom. The van der Waals surface area contributed by atoms with Crippen LogP contribution in [0.5, 0.6) is 5.75 Å². The zero-order valence-corrected chi connectivity index (χ0v) is 14.3. The number of carbonyl (C=O) groups is 1. The fourth-order valence-electron chi connectivity index (χ4n) is 3.24. The molecule has 0 bridgehead atoms. The van der Waals surface area contributed by atoms with Crippen molar-refractivity contribution in [2.24, 2.45) is 5.92 Å². The molecule has 2 heterocycles. The molecule has 0 N–H and O–H groups in total. The molecular formula is C18H24N4O2. The predicted molar refractivity (Wildman–Crippen MR) is 91.0 cm³/mol. The summed E-state index contributed by atoms with van der Waals surface area (Å²) in [6, 6.07) is 7.36. The quantitative estimate of drug-likeness (QED) is 0.845. The molecule has 128 valence electrons. The van der Waals surface area contributed by atoms with Gasteiger partial charge >= 0.3 is 0 Å². The van der Waals surface area contributed by atoms with Gasteiger partial charge in [0.15, 0.2) is 0 Å². The topological polar surface area (TPSA) is 60.2 Å². The molecule has 1 aromatic carbocycles. The first kappa shape index (κ1) is 16.5.